The maximum absolute atomic E-state index is 3.59. The lowest BCUT2D eigenvalue weighted by Crippen LogP contribution is -2.11. The quantitative estimate of drug-likeness (QED) is 0.0266. The van der Waals surface area contributed by atoms with Crippen molar-refractivity contribution in [2.24, 2.45) is 21.7 Å². The summed E-state index contributed by atoms with van der Waals surface area (Å²) in [5.41, 5.74) is 12.7. The molecule has 0 radical (unpaired) electrons. The molecule has 0 unspecified atom stereocenters. The van der Waals surface area contributed by atoms with Gasteiger partial charge in [-0.05, 0) is 207 Å². The van der Waals surface area contributed by atoms with Gasteiger partial charge in [0.25, 0.3) is 0 Å². The molecule has 0 atom stereocenters. The molecule has 558 valence electrons. The van der Waals surface area contributed by atoms with Gasteiger partial charge in [0.1, 0.15) is 0 Å². The van der Waals surface area contributed by atoms with Gasteiger partial charge in [0.2, 0.25) is 0 Å². The van der Waals surface area contributed by atoms with Gasteiger partial charge in [0.05, 0.1) is 13.1 Å². The molecule has 100 heavy (non-hydrogen) atoms. The lowest BCUT2D eigenvalue weighted by atomic mass is 9.81. The maximum atomic E-state index is 3.59. The number of fused-ring (bicyclic) bond motifs is 6. The van der Waals surface area contributed by atoms with E-state index in [1.54, 1.807) is 0 Å². The largest absolute Gasteiger partial charge is 0.329 e. The predicted octanol–water partition coefficient (Wildman–Crippen LogP) is 31.7. The molecule has 0 saturated carbocycles. The van der Waals surface area contributed by atoms with E-state index in [2.05, 4.69) is 189 Å². The highest BCUT2D eigenvalue weighted by atomic mass is 15.0. The Bertz CT molecular complexity index is 2870. The number of benzene rings is 4. The number of aromatic nitrogens is 2. The van der Waals surface area contributed by atoms with Gasteiger partial charge in [-0.25, -0.2) is 0 Å². The summed E-state index contributed by atoms with van der Waals surface area (Å²) < 4.78 is 4.96. The molecule has 0 N–H and O–H groups in total. The summed E-state index contributed by atoms with van der Waals surface area (Å²) in [5, 5.41) is 5.56. The molecule has 0 aliphatic rings. The Hall–Kier alpha value is -4.40. The van der Waals surface area contributed by atoms with E-state index >= 15 is 0 Å². The van der Waals surface area contributed by atoms with E-state index in [9.17, 15) is 0 Å². The number of nitrogens with zero attached hydrogens (tertiary/aromatic N) is 2. The molecular weight excluding hydrogens is 1210 g/mol. The Labute approximate surface area is 619 Å². The average Bonchev–Trinajstić information content (AvgIpc) is 1.61. The predicted molar refractivity (Wildman–Crippen MR) is 449 cm³/mol. The summed E-state index contributed by atoms with van der Waals surface area (Å²) in [4.78, 5) is 0. The topological polar surface area (TPSA) is 9.86 Å². The molecule has 2 heterocycles. The fraction of sp³-hybridized carbons (Fsp3) is 0.714. The maximum Gasteiger partial charge on any atom is 0.0853 e. The Morgan fingerprint density at radius 3 is 0.610 bits per heavy atom. The third-order valence-corrected chi connectivity index (χ3v) is 23.8. The minimum Gasteiger partial charge on any atom is -0.329 e. The van der Waals surface area contributed by atoms with Crippen LogP contribution >= 0.6 is 0 Å². The van der Waals surface area contributed by atoms with Crippen LogP contribution in [0, 0.1) is 45.3 Å². The lowest BCUT2D eigenvalue weighted by Gasteiger charge is -2.24. The van der Waals surface area contributed by atoms with Gasteiger partial charge in [-0.3, -0.25) is 0 Å². The van der Waals surface area contributed by atoms with Crippen LogP contribution in [0.15, 0.2) is 72.8 Å². The highest BCUT2D eigenvalue weighted by Gasteiger charge is 2.22. The first-order valence-electron chi connectivity index (χ1n) is 43.5. The molecule has 0 aliphatic heterocycles. The first-order chi connectivity index (χ1) is 48.5. The van der Waals surface area contributed by atoms with E-state index in [0.717, 1.165) is 25.7 Å². The van der Waals surface area contributed by atoms with E-state index in [1.807, 2.05) is 0 Å². The smallest absolute Gasteiger partial charge is 0.0853 e. The van der Waals surface area contributed by atoms with Crippen LogP contribution in [-0.4, -0.2) is 9.13 Å². The minimum atomic E-state index is 0.393. The monoisotopic (exact) mass is 1360 g/mol. The highest BCUT2D eigenvalue weighted by Crippen LogP contribution is 2.38. The van der Waals surface area contributed by atoms with Crippen LogP contribution in [0.1, 0.15) is 414 Å². The number of hydrogen-bond donors (Lipinski definition) is 0. The first-order valence-corrected chi connectivity index (χ1v) is 43.5. The van der Waals surface area contributed by atoms with Gasteiger partial charge < -0.3 is 9.13 Å². The fourth-order valence-corrected chi connectivity index (χ4v) is 16.9. The van der Waals surface area contributed by atoms with Crippen LogP contribution in [0.3, 0.4) is 0 Å². The molecule has 4 aromatic carbocycles. The van der Waals surface area contributed by atoms with Crippen LogP contribution in [-0.2, 0) is 38.8 Å². The molecule has 0 spiro atoms. The fourth-order valence-electron chi connectivity index (χ4n) is 16.9. The van der Waals surface area contributed by atoms with Gasteiger partial charge in [0, 0.05) is 43.6 Å². The van der Waals surface area contributed by atoms with Gasteiger partial charge in [0.15, 0.2) is 0 Å². The van der Waals surface area contributed by atoms with Crippen molar-refractivity contribution in [3.05, 3.63) is 95.1 Å². The van der Waals surface area contributed by atoms with Crippen LogP contribution in [0.2, 0.25) is 0 Å². The standard InChI is InChI=1S/C98H156N2/c1-13-17-21-25-29-33-37-41-47-69-95(5,6)73-53-57-83-61-65-91-87(79-83)88-80-84(58-54-74-96(7,8)70-48-42-38-34-30-26-22-18-14-2)62-66-92(88)99(91)77-51-45-46-52-78-100-93-67-63-85(59-55-75-97(9,10)71-49-43-39-35-31-27-23-19-15-3)81-89(93)90-82-86(64-68-94(90)100)60-56-76-98(11,12)72-50-44-40-36-32-28-24-20-16-4/h61-68,79-82H,13-44,47-50,53-60,69-78H2,1-12H3. The van der Waals surface area contributed by atoms with Crippen molar-refractivity contribution in [1.29, 1.82) is 0 Å². The second-order valence-corrected chi connectivity index (χ2v) is 35.6. The second kappa shape index (κ2) is 47.9. The minimum absolute atomic E-state index is 0.393. The van der Waals surface area contributed by atoms with E-state index < -0.39 is 0 Å². The highest BCUT2D eigenvalue weighted by molar-refractivity contribution is 6.09. The zero-order valence-electron chi connectivity index (χ0n) is 68.0. The van der Waals surface area contributed by atoms with Crippen LogP contribution in [0.25, 0.3) is 43.6 Å². The Kier molecular flexibility index (Phi) is 40.5. The Balaban J connectivity index is 1.15. The Morgan fingerprint density at radius 2 is 0.410 bits per heavy atom. The van der Waals surface area contributed by atoms with Crippen molar-refractivity contribution >= 4 is 43.6 Å². The van der Waals surface area contributed by atoms with E-state index in [-0.39, 0.29) is 0 Å². The average molecular weight is 1360 g/mol. The third kappa shape index (κ3) is 32.7. The van der Waals surface area contributed by atoms with E-state index in [4.69, 9.17) is 0 Å². The summed E-state index contributed by atoms with van der Waals surface area (Å²) in [6.45, 7) is 30.7. The molecule has 2 aromatic heterocycles. The number of rotatable bonds is 58. The number of hydrogen-bond acceptors (Lipinski definition) is 0. The molecule has 2 nitrogen and oxygen atoms in total. The van der Waals surface area contributed by atoms with Crippen molar-refractivity contribution in [2.45, 2.75) is 430 Å². The van der Waals surface area contributed by atoms with Gasteiger partial charge in [-0.2, -0.15) is 0 Å². The number of aryl methyl sites for hydroxylation is 4. The zero-order valence-corrected chi connectivity index (χ0v) is 68.0. The normalized spacial score (nSPS) is 12.4. The molecule has 0 fully saturated rings. The van der Waals surface area contributed by atoms with Crippen molar-refractivity contribution in [2.75, 3.05) is 0 Å². The summed E-state index contributed by atoms with van der Waals surface area (Å²) in [6.07, 6.45) is 70.6. The molecule has 6 aromatic rings. The summed E-state index contributed by atoms with van der Waals surface area (Å²) in [5.74, 6) is 14.0. The van der Waals surface area contributed by atoms with Crippen molar-refractivity contribution in [3.63, 3.8) is 0 Å². The van der Waals surface area contributed by atoms with Gasteiger partial charge >= 0.3 is 0 Å². The molecule has 0 saturated heterocycles. The van der Waals surface area contributed by atoms with E-state index in [0.29, 0.717) is 34.7 Å². The zero-order chi connectivity index (χ0) is 71.6. The van der Waals surface area contributed by atoms with Crippen molar-refractivity contribution in [1.82, 2.24) is 9.13 Å². The van der Waals surface area contributed by atoms with E-state index in [1.165, 1.54) is 374 Å². The molecule has 6 rings (SSSR count). The molecule has 0 aliphatic carbocycles. The van der Waals surface area contributed by atoms with Gasteiger partial charge in [-0.15, -0.1) is 0 Å². The van der Waals surface area contributed by atoms with Crippen LogP contribution in [0.4, 0.5) is 0 Å². The van der Waals surface area contributed by atoms with Gasteiger partial charge in [-0.1, -0.05) is 350 Å². The molecule has 0 bridgehead atoms. The second-order valence-electron chi connectivity index (χ2n) is 35.6. The first kappa shape index (κ1) is 84.5. The summed E-state index contributed by atoms with van der Waals surface area (Å²) >= 11 is 0. The SMILES string of the molecule is CCCCCCCCCCCC(C)(C)CCCc1ccc2c(c1)c1cc(CCCC(C)(C)CCCCCCCCCCC)ccc1n2CC#CC#CCn1c2ccc(CCCC(C)(C)CCCCCCCCCCC)cc2c2cc(CCCC(C)(C)CCCCCCCCCCC)ccc21. The molecule has 0 amide bonds. The van der Waals surface area contributed by atoms with Crippen LogP contribution < -0.4 is 0 Å². The molecule has 2 heteroatoms. The lowest BCUT2D eigenvalue weighted by molar-refractivity contribution is 0.286. The van der Waals surface area contributed by atoms with Crippen molar-refractivity contribution in [3.8, 4) is 23.7 Å². The van der Waals surface area contributed by atoms with Crippen molar-refractivity contribution < 1.29 is 0 Å². The Morgan fingerprint density at radius 1 is 0.230 bits per heavy atom. The summed E-state index contributed by atoms with van der Waals surface area (Å²) in [6, 6.07) is 29.6. The summed E-state index contributed by atoms with van der Waals surface area (Å²) in [7, 11) is 0. The van der Waals surface area contributed by atoms with Crippen LogP contribution in [0.5, 0.6) is 0 Å². The molecular formula is C98H156N2. The third-order valence-electron chi connectivity index (χ3n) is 23.8. The number of unbranched alkanes of at least 4 members (excludes halogenated alkanes) is 32.